The molecule has 1 aliphatic rings. The first-order chi connectivity index (χ1) is 8.24. The van der Waals surface area contributed by atoms with E-state index in [1.807, 2.05) is 12.1 Å². The second kappa shape index (κ2) is 5.21. The van der Waals surface area contributed by atoms with E-state index in [9.17, 15) is 4.79 Å². The topological polar surface area (TPSA) is 38.3 Å². The molecular formula is C14H19NO2. The third-order valence-corrected chi connectivity index (χ3v) is 3.42. The molecule has 3 heteroatoms. The zero-order valence-corrected chi connectivity index (χ0v) is 10.4. The van der Waals surface area contributed by atoms with Gasteiger partial charge in [0.2, 0.25) is 5.91 Å². The van der Waals surface area contributed by atoms with E-state index in [4.69, 9.17) is 4.74 Å². The summed E-state index contributed by atoms with van der Waals surface area (Å²) in [5.74, 6) is 2.03. The summed E-state index contributed by atoms with van der Waals surface area (Å²) in [6, 6.07) is 8.08. The first-order valence-electron chi connectivity index (χ1n) is 6.09. The van der Waals surface area contributed by atoms with E-state index in [0.29, 0.717) is 18.3 Å². The summed E-state index contributed by atoms with van der Waals surface area (Å²) in [5, 5.41) is 2.71. The molecule has 1 aliphatic carbocycles. The van der Waals surface area contributed by atoms with Crippen molar-refractivity contribution in [3.8, 4) is 5.75 Å². The van der Waals surface area contributed by atoms with Crippen molar-refractivity contribution in [2.24, 2.45) is 5.92 Å². The zero-order valence-electron chi connectivity index (χ0n) is 10.4. The summed E-state index contributed by atoms with van der Waals surface area (Å²) in [5.41, 5.74) is 1.25. The van der Waals surface area contributed by atoms with Crippen molar-refractivity contribution >= 4 is 5.91 Å². The highest BCUT2D eigenvalue weighted by molar-refractivity contribution is 5.76. The molecule has 17 heavy (non-hydrogen) atoms. The lowest BCUT2D eigenvalue weighted by Crippen LogP contribution is -2.21. The van der Waals surface area contributed by atoms with Gasteiger partial charge in [-0.15, -0.1) is 0 Å². The molecule has 1 saturated carbocycles. The zero-order chi connectivity index (χ0) is 12.3. The summed E-state index contributed by atoms with van der Waals surface area (Å²) in [6.07, 6.45) is 3.08. The molecule has 1 atom stereocenters. The molecule has 1 amide bonds. The number of ether oxygens (including phenoxy) is 1. The maximum atomic E-state index is 11.5. The lowest BCUT2D eigenvalue weighted by molar-refractivity contribution is -0.121. The first-order valence-corrected chi connectivity index (χ1v) is 6.09. The van der Waals surface area contributed by atoms with Crippen LogP contribution in [0.2, 0.25) is 0 Å². The highest BCUT2D eigenvalue weighted by Gasteiger charge is 2.33. The fourth-order valence-corrected chi connectivity index (χ4v) is 2.21. The van der Waals surface area contributed by atoms with E-state index in [1.165, 1.54) is 18.4 Å². The second-order valence-electron chi connectivity index (χ2n) is 4.59. The smallest absolute Gasteiger partial charge is 0.220 e. The monoisotopic (exact) mass is 233 g/mol. The highest BCUT2D eigenvalue weighted by Crippen LogP contribution is 2.44. The Balaban J connectivity index is 2.11. The maximum absolute atomic E-state index is 11.5. The third-order valence-electron chi connectivity index (χ3n) is 3.42. The predicted molar refractivity (Wildman–Crippen MR) is 67.1 cm³/mol. The maximum Gasteiger partial charge on any atom is 0.220 e. The summed E-state index contributed by atoms with van der Waals surface area (Å²) < 4.78 is 5.15. The summed E-state index contributed by atoms with van der Waals surface area (Å²) >= 11 is 0. The number of nitrogens with one attached hydrogen (secondary N) is 1. The molecule has 3 nitrogen and oxygen atoms in total. The van der Waals surface area contributed by atoms with Crippen molar-refractivity contribution in [2.45, 2.75) is 25.2 Å². The van der Waals surface area contributed by atoms with Crippen LogP contribution in [0.15, 0.2) is 24.3 Å². The number of carbonyl (C=O) groups is 1. The predicted octanol–water partition coefficient (Wildman–Crippen LogP) is 2.32. The molecule has 0 saturated heterocycles. The summed E-state index contributed by atoms with van der Waals surface area (Å²) in [7, 11) is 3.36. The average molecular weight is 233 g/mol. The quantitative estimate of drug-likeness (QED) is 0.847. The number of benzene rings is 1. The van der Waals surface area contributed by atoms with Crippen LogP contribution in [0, 0.1) is 5.92 Å². The lowest BCUT2D eigenvalue weighted by Gasteiger charge is -2.16. The molecule has 0 spiro atoms. The minimum absolute atomic E-state index is 0.123. The number of carbonyl (C=O) groups excluding carboxylic acids is 1. The van der Waals surface area contributed by atoms with Crippen molar-refractivity contribution in [3.63, 3.8) is 0 Å². The van der Waals surface area contributed by atoms with E-state index < -0.39 is 0 Å². The molecule has 0 aromatic heterocycles. The molecule has 0 heterocycles. The normalized spacial score (nSPS) is 16.4. The van der Waals surface area contributed by atoms with Gasteiger partial charge in [0.15, 0.2) is 0 Å². The number of hydrogen-bond acceptors (Lipinski definition) is 2. The van der Waals surface area contributed by atoms with Crippen LogP contribution in [0.5, 0.6) is 5.75 Å². The van der Waals surface area contributed by atoms with Gasteiger partial charge < -0.3 is 10.1 Å². The fourth-order valence-electron chi connectivity index (χ4n) is 2.21. The Morgan fingerprint density at radius 3 is 2.53 bits per heavy atom. The van der Waals surface area contributed by atoms with Gasteiger partial charge in [0.1, 0.15) is 5.75 Å². The summed E-state index contributed by atoms with van der Waals surface area (Å²) in [6.45, 7) is 0. The molecule has 0 bridgehead atoms. The van der Waals surface area contributed by atoms with E-state index in [0.717, 1.165) is 5.75 Å². The van der Waals surface area contributed by atoms with Gasteiger partial charge >= 0.3 is 0 Å². The van der Waals surface area contributed by atoms with Gasteiger partial charge in [-0.05, 0) is 42.4 Å². The van der Waals surface area contributed by atoms with Crippen LogP contribution in [0.25, 0.3) is 0 Å². The van der Waals surface area contributed by atoms with Gasteiger partial charge in [0, 0.05) is 13.5 Å². The van der Waals surface area contributed by atoms with Crippen LogP contribution >= 0.6 is 0 Å². The van der Waals surface area contributed by atoms with Gasteiger partial charge in [-0.25, -0.2) is 0 Å². The van der Waals surface area contributed by atoms with E-state index >= 15 is 0 Å². The van der Waals surface area contributed by atoms with Crippen LogP contribution in [-0.4, -0.2) is 20.1 Å². The second-order valence-corrected chi connectivity index (χ2v) is 4.59. The molecule has 1 fully saturated rings. The van der Waals surface area contributed by atoms with Gasteiger partial charge in [-0.2, -0.15) is 0 Å². The number of rotatable bonds is 5. The average Bonchev–Trinajstić information content (AvgIpc) is 3.20. The molecule has 1 N–H and O–H groups in total. The van der Waals surface area contributed by atoms with E-state index in [2.05, 4.69) is 17.4 Å². The van der Waals surface area contributed by atoms with Gasteiger partial charge in [0.25, 0.3) is 0 Å². The van der Waals surface area contributed by atoms with Crippen LogP contribution < -0.4 is 10.1 Å². The Labute approximate surface area is 102 Å². The Bertz CT molecular complexity index is 382. The van der Waals surface area contributed by atoms with E-state index in [-0.39, 0.29) is 5.91 Å². The van der Waals surface area contributed by atoms with Crippen molar-refractivity contribution in [2.75, 3.05) is 14.2 Å². The van der Waals surface area contributed by atoms with Gasteiger partial charge in [-0.1, -0.05) is 12.1 Å². The highest BCUT2D eigenvalue weighted by atomic mass is 16.5. The van der Waals surface area contributed by atoms with Crippen molar-refractivity contribution in [1.29, 1.82) is 0 Å². The minimum Gasteiger partial charge on any atom is -0.497 e. The fraction of sp³-hybridized carbons (Fsp3) is 0.500. The molecule has 92 valence electrons. The van der Waals surface area contributed by atoms with Crippen molar-refractivity contribution in [1.82, 2.24) is 5.32 Å². The van der Waals surface area contributed by atoms with Gasteiger partial charge in [0.05, 0.1) is 7.11 Å². The van der Waals surface area contributed by atoms with Gasteiger partial charge in [-0.3, -0.25) is 4.79 Å². The SMILES string of the molecule is CNC(=O)CC(c1ccc(OC)cc1)C1CC1. The molecular weight excluding hydrogens is 214 g/mol. The first kappa shape index (κ1) is 12.0. The molecule has 0 aliphatic heterocycles. The standard InChI is InChI=1S/C14H19NO2/c1-15-14(16)9-13(10-3-4-10)11-5-7-12(17-2)8-6-11/h5-8,10,13H,3-4,9H2,1-2H3,(H,15,16). The van der Waals surface area contributed by atoms with Crippen LogP contribution in [-0.2, 0) is 4.79 Å². The van der Waals surface area contributed by atoms with Crippen LogP contribution in [0.4, 0.5) is 0 Å². The largest absolute Gasteiger partial charge is 0.497 e. The Hall–Kier alpha value is -1.51. The Morgan fingerprint density at radius 1 is 1.41 bits per heavy atom. The van der Waals surface area contributed by atoms with Crippen molar-refractivity contribution < 1.29 is 9.53 Å². The molecule has 1 unspecified atom stereocenters. The Morgan fingerprint density at radius 2 is 2.06 bits per heavy atom. The summed E-state index contributed by atoms with van der Waals surface area (Å²) in [4.78, 5) is 11.5. The third kappa shape index (κ3) is 2.99. The lowest BCUT2D eigenvalue weighted by atomic mass is 9.90. The molecule has 1 aromatic rings. The molecule has 0 radical (unpaired) electrons. The molecule has 2 rings (SSSR count). The Kier molecular flexibility index (Phi) is 3.67. The van der Waals surface area contributed by atoms with Crippen molar-refractivity contribution in [3.05, 3.63) is 29.8 Å². The van der Waals surface area contributed by atoms with Crippen LogP contribution in [0.3, 0.4) is 0 Å². The number of amides is 1. The van der Waals surface area contributed by atoms with E-state index in [1.54, 1.807) is 14.2 Å². The number of hydrogen-bond donors (Lipinski definition) is 1. The molecule has 1 aromatic carbocycles. The van der Waals surface area contributed by atoms with Crippen LogP contribution in [0.1, 0.15) is 30.7 Å². The number of methoxy groups -OCH3 is 1. The minimum atomic E-state index is 0.123.